The van der Waals surface area contributed by atoms with Gasteiger partial charge in [-0.2, -0.15) is 5.26 Å². The highest BCUT2D eigenvalue weighted by molar-refractivity contribution is 6.08. The number of nitrogens with zero attached hydrogens (tertiary/aromatic N) is 6. The number of halogens is 1. The van der Waals surface area contributed by atoms with Crippen molar-refractivity contribution in [3.63, 3.8) is 0 Å². The Hall–Kier alpha value is -4.59. The average Bonchev–Trinajstić information content (AvgIpc) is 3.47. The third kappa shape index (κ3) is 4.55. The van der Waals surface area contributed by atoms with Crippen LogP contribution in [-0.2, 0) is 26.2 Å². The standard InChI is InChI=1S/C33H34FN7O3/c1-32(2,3)15-28(29(42)39-18-33(14-22(39)16-35)23-6-4-5-7-24(23)36-31(33)44)41-26-13-21(34)11-10-20(26)12-27(30(41)43)40-17-25(37-38-40)19-8-9-19/h4-7,10-11,13,17,19,22,27-28H,8-9,12,14-15,18H2,1-3H3,(H,36,44)/t22-,27?,28-,33-/m0/s1. The highest BCUT2D eigenvalue weighted by Crippen LogP contribution is 2.47. The van der Waals surface area contributed by atoms with Crippen molar-refractivity contribution in [2.45, 2.75) is 82.3 Å². The van der Waals surface area contributed by atoms with Crippen LogP contribution in [0.25, 0.3) is 0 Å². The van der Waals surface area contributed by atoms with Crippen molar-refractivity contribution < 1.29 is 18.8 Å². The van der Waals surface area contributed by atoms with Crippen molar-refractivity contribution in [1.29, 1.82) is 5.26 Å². The molecule has 1 spiro atoms. The van der Waals surface area contributed by atoms with Gasteiger partial charge in [0, 0.05) is 37.2 Å². The van der Waals surface area contributed by atoms with Gasteiger partial charge in [0.2, 0.25) is 11.8 Å². The first kappa shape index (κ1) is 28.2. The van der Waals surface area contributed by atoms with Crippen molar-refractivity contribution >= 4 is 29.1 Å². The molecule has 0 radical (unpaired) electrons. The fraction of sp³-hybridized carbons (Fsp3) is 0.455. The van der Waals surface area contributed by atoms with E-state index < -0.39 is 40.7 Å². The molecule has 1 saturated heterocycles. The van der Waals surface area contributed by atoms with Crippen LogP contribution in [0.1, 0.15) is 75.2 Å². The molecule has 11 heteroatoms. The van der Waals surface area contributed by atoms with E-state index in [1.807, 2.05) is 45.0 Å². The molecule has 10 nitrogen and oxygen atoms in total. The van der Waals surface area contributed by atoms with E-state index in [1.54, 1.807) is 16.9 Å². The molecule has 2 fully saturated rings. The van der Waals surface area contributed by atoms with Crippen molar-refractivity contribution in [3.05, 3.63) is 71.3 Å². The zero-order valence-corrected chi connectivity index (χ0v) is 25.0. The van der Waals surface area contributed by atoms with E-state index in [9.17, 15) is 24.0 Å². The molecule has 7 rings (SSSR count). The summed E-state index contributed by atoms with van der Waals surface area (Å²) in [5, 5.41) is 21.8. The van der Waals surface area contributed by atoms with E-state index in [0.717, 1.165) is 24.1 Å². The third-order valence-electron chi connectivity index (χ3n) is 9.40. The van der Waals surface area contributed by atoms with Gasteiger partial charge < -0.3 is 10.2 Å². The molecule has 2 aromatic carbocycles. The summed E-state index contributed by atoms with van der Waals surface area (Å²) < 4.78 is 16.3. The second kappa shape index (κ2) is 9.97. The van der Waals surface area contributed by atoms with Crippen LogP contribution in [0.3, 0.4) is 0 Å². The third-order valence-corrected chi connectivity index (χ3v) is 9.40. The predicted octanol–water partition coefficient (Wildman–Crippen LogP) is 4.24. The van der Waals surface area contributed by atoms with Crippen molar-refractivity contribution in [2.75, 3.05) is 16.8 Å². The molecule has 44 heavy (non-hydrogen) atoms. The second-order valence-corrected chi connectivity index (χ2v) is 13.8. The molecule has 226 valence electrons. The number of amides is 3. The number of aromatic nitrogens is 3. The van der Waals surface area contributed by atoms with E-state index in [4.69, 9.17) is 0 Å². The number of hydrogen-bond acceptors (Lipinski definition) is 6. The number of hydrogen-bond donors (Lipinski definition) is 1. The van der Waals surface area contributed by atoms with Gasteiger partial charge in [0.15, 0.2) is 0 Å². The molecule has 4 aliphatic rings. The van der Waals surface area contributed by atoms with E-state index in [2.05, 4.69) is 21.7 Å². The maximum atomic E-state index is 14.8. The first-order valence-corrected chi connectivity index (χ1v) is 15.1. The molecule has 1 aliphatic carbocycles. The second-order valence-electron chi connectivity index (χ2n) is 13.8. The monoisotopic (exact) mass is 595 g/mol. The summed E-state index contributed by atoms with van der Waals surface area (Å²) in [4.78, 5) is 45.5. The first-order valence-electron chi connectivity index (χ1n) is 15.1. The minimum Gasteiger partial charge on any atom is -0.325 e. The van der Waals surface area contributed by atoms with Gasteiger partial charge in [-0.05, 0) is 54.0 Å². The van der Waals surface area contributed by atoms with E-state index >= 15 is 0 Å². The van der Waals surface area contributed by atoms with Crippen LogP contribution in [-0.4, -0.2) is 56.2 Å². The Morgan fingerprint density at radius 1 is 1.20 bits per heavy atom. The molecule has 1 N–H and O–H groups in total. The topological polar surface area (TPSA) is 124 Å². The zero-order valence-electron chi connectivity index (χ0n) is 25.0. The lowest BCUT2D eigenvalue weighted by Crippen LogP contribution is -2.57. The van der Waals surface area contributed by atoms with Crippen molar-refractivity contribution in [1.82, 2.24) is 19.9 Å². The van der Waals surface area contributed by atoms with Crippen LogP contribution in [0.4, 0.5) is 15.8 Å². The van der Waals surface area contributed by atoms with Gasteiger partial charge in [-0.25, -0.2) is 9.07 Å². The van der Waals surface area contributed by atoms with Crippen LogP contribution < -0.4 is 10.2 Å². The minimum atomic E-state index is -1.07. The number of fused-ring (bicyclic) bond motifs is 3. The Bertz CT molecular complexity index is 1740. The number of carbonyl (C=O) groups excluding carboxylic acids is 3. The maximum Gasteiger partial charge on any atom is 0.253 e. The average molecular weight is 596 g/mol. The first-order chi connectivity index (χ1) is 21.0. The van der Waals surface area contributed by atoms with Crippen LogP contribution in [0, 0.1) is 22.6 Å². The molecule has 4 atom stereocenters. The molecular formula is C33H34FN7O3. The highest BCUT2D eigenvalue weighted by Gasteiger charge is 2.57. The molecule has 1 aromatic heterocycles. The molecule has 3 aromatic rings. The molecule has 4 heterocycles. The summed E-state index contributed by atoms with van der Waals surface area (Å²) in [5.74, 6) is -1.25. The van der Waals surface area contributed by atoms with Gasteiger partial charge in [0.05, 0.1) is 22.9 Å². The van der Waals surface area contributed by atoms with E-state index in [0.29, 0.717) is 22.9 Å². The largest absolute Gasteiger partial charge is 0.325 e. The maximum absolute atomic E-state index is 14.8. The number of benzene rings is 2. The molecular weight excluding hydrogens is 561 g/mol. The lowest BCUT2D eigenvalue weighted by molar-refractivity contribution is -0.136. The number of carbonyl (C=O) groups is 3. The van der Waals surface area contributed by atoms with Gasteiger partial charge in [-0.15, -0.1) is 5.10 Å². The highest BCUT2D eigenvalue weighted by atomic mass is 19.1. The normalized spacial score (nSPS) is 25.1. The van der Waals surface area contributed by atoms with Gasteiger partial charge in [0.1, 0.15) is 23.9 Å². The Morgan fingerprint density at radius 3 is 2.70 bits per heavy atom. The number of rotatable bonds is 5. The molecule has 0 bridgehead atoms. The van der Waals surface area contributed by atoms with Gasteiger partial charge in [0.25, 0.3) is 5.91 Å². The van der Waals surface area contributed by atoms with Crippen molar-refractivity contribution in [3.8, 4) is 6.07 Å². The van der Waals surface area contributed by atoms with Gasteiger partial charge >= 0.3 is 0 Å². The molecule has 1 saturated carbocycles. The Labute approximate surface area is 254 Å². The van der Waals surface area contributed by atoms with Gasteiger partial charge in [-0.3, -0.25) is 19.3 Å². The Morgan fingerprint density at radius 2 is 1.98 bits per heavy atom. The summed E-state index contributed by atoms with van der Waals surface area (Å²) >= 11 is 0. The summed E-state index contributed by atoms with van der Waals surface area (Å²) in [6.45, 7) is 5.92. The fourth-order valence-corrected chi connectivity index (χ4v) is 7.09. The zero-order chi connectivity index (χ0) is 31.0. The summed E-state index contributed by atoms with van der Waals surface area (Å²) in [6.07, 6.45) is 4.54. The van der Waals surface area contributed by atoms with Crippen LogP contribution in [0.5, 0.6) is 0 Å². The number of para-hydroxylation sites is 1. The summed E-state index contributed by atoms with van der Waals surface area (Å²) in [6, 6.07) is 11.2. The van der Waals surface area contributed by atoms with Crippen LogP contribution in [0.15, 0.2) is 48.7 Å². The van der Waals surface area contributed by atoms with Crippen LogP contribution >= 0.6 is 0 Å². The Balaban J connectivity index is 1.30. The minimum absolute atomic E-state index is 0.00282. The Kier molecular flexibility index (Phi) is 6.39. The fourth-order valence-electron chi connectivity index (χ4n) is 7.09. The lowest BCUT2D eigenvalue weighted by atomic mass is 9.80. The summed E-state index contributed by atoms with van der Waals surface area (Å²) in [5.41, 5.74) is 1.82. The van der Waals surface area contributed by atoms with Crippen LogP contribution in [0.2, 0.25) is 0 Å². The quantitative estimate of drug-likeness (QED) is 0.471. The summed E-state index contributed by atoms with van der Waals surface area (Å²) in [7, 11) is 0. The number of nitrogens with one attached hydrogen (secondary N) is 1. The molecule has 1 unspecified atom stereocenters. The van der Waals surface area contributed by atoms with Crippen molar-refractivity contribution in [2.24, 2.45) is 5.41 Å². The van der Waals surface area contributed by atoms with E-state index in [-0.39, 0.29) is 37.6 Å². The predicted molar refractivity (Wildman–Crippen MR) is 159 cm³/mol. The number of nitriles is 1. The molecule has 3 aliphatic heterocycles. The molecule has 3 amide bonds. The van der Waals surface area contributed by atoms with E-state index in [1.165, 1.54) is 21.9 Å². The van der Waals surface area contributed by atoms with Gasteiger partial charge in [-0.1, -0.05) is 50.3 Å². The number of anilines is 2. The SMILES string of the molecule is CC(C)(C)C[C@@H](C(=O)N1C[C@]2(C[C@H]1C#N)C(=O)Nc1ccccc12)N1C(=O)C(n2cc(C3CC3)nn2)Cc2ccc(F)cc21. The lowest BCUT2D eigenvalue weighted by Gasteiger charge is -2.42. The smallest absolute Gasteiger partial charge is 0.253 e. The number of likely N-dealkylation sites (tertiary alicyclic amines) is 1.